The van der Waals surface area contributed by atoms with Crippen LogP contribution in [0.1, 0.15) is 25.1 Å². The van der Waals surface area contributed by atoms with Crippen molar-refractivity contribution in [3.8, 4) is 11.4 Å². The molecule has 1 aliphatic rings. The molecule has 1 N–H and O–H groups in total. The smallest absolute Gasteiger partial charge is 0.354 e. The number of nitrogens with zero attached hydrogens (tertiary/aromatic N) is 1. The lowest BCUT2D eigenvalue weighted by atomic mass is 9.83. The van der Waals surface area contributed by atoms with Crippen molar-refractivity contribution in [2.75, 3.05) is 0 Å². The van der Waals surface area contributed by atoms with Crippen LogP contribution in [0.5, 0.6) is 5.75 Å². The van der Waals surface area contributed by atoms with E-state index in [1.165, 1.54) is 47.0 Å². The summed E-state index contributed by atoms with van der Waals surface area (Å²) < 4.78 is 34.7. The van der Waals surface area contributed by atoms with E-state index in [0.717, 1.165) is 0 Å². The van der Waals surface area contributed by atoms with E-state index in [0.29, 0.717) is 28.7 Å². The maximum Gasteiger partial charge on any atom is 0.354 e. The summed E-state index contributed by atoms with van der Waals surface area (Å²) in [5.41, 5.74) is -0.727. The Labute approximate surface area is 178 Å². The lowest BCUT2D eigenvalue weighted by molar-refractivity contribution is 0.445. The molecule has 0 aliphatic carbocycles. The van der Waals surface area contributed by atoms with Gasteiger partial charge >= 0.3 is 5.63 Å². The lowest BCUT2D eigenvalue weighted by Crippen LogP contribution is -2.24. The number of pyridine rings is 1. The molecule has 0 atom stereocenters. The maximum atomic E-state index is 14.1. The zero-order chi connectivity index (χ0) is 22.1. The van der Waals surface area contributed by atoms with Gasteiger partial charge in [0.1, 0.15) is 27.5 Å². The first kappa shape index (κ1) is 19.6. The van der Waals surface area contributed by atoms with E-state index < -0.39 is 34.0 Å². The molecule has 2 aromatic heterocycles. The zero-order valence-electron chi connectivity index (χ0n) is 16.4. The number of aromatic hydroxyl groups is 1. The molecular weight excluding hydrogens is 424 g/mol. The van der Waals surface area contributed by atoms with Crippen LogP contribution in [0.4, 0.5) is 8.78 Å². The Morgan fingerprint density at radius 3 is 2.55 bits per heavy atom. The Bertz CT molecular complexity index is 1520. The van der Waals surface area contributed by atoms with Gasteiger partial charge in [0.15, 0.2) is 5.75 Å². The molecule has 5 rings (SSSR count). The molecule has 3 heterocycles. The van der Waals surface area contributed by atoms with Crippen LogP contribution in [0.15, 0.2) is 72.3 Å². The highest BCUT2D eigenvalue weighted by molar-refractivity contribution is 7.99. The fraction of sp³-hybridized carbons (Fsp3) is 0.130. The van der Waals surface area contributed by atoms with Gasteiger partial charge in [-0.2, -0.15) is 0 Å². The molecule has 4 aromatic rings. The number of aromatic nitrogens is 1. The molecule has 0 radical (unpaired) electrons. The van der Waals surface area contributed by atoms with Crippen molar-refractivity contribution < 1.29 is 18.3 Å². The first-order valence-electron chi connectivity index (χ1n) is 9.39. The average Bonchev–Trinajstić information content (AvgIpc) is 2.93. The van der Waals surface area contributed by atoms with Crippen molar-refractivity contribution in [1.82, 2.24) is 4.57 Å². The molecule has 0 unspecified atom stereocenters. The number of hydrogen-bond acceptors (Lipinski definition) is 5. The average molecular weight is 439 g/mol. The highest BCUT2D eigenvalue weighted by Gasteiger charge is 2.38. The van der Waals surface area contributed by atoms with Gasteiger partial charge in [-0.25, -0.2) is 13.6 Å². The highest BCUT2D eigenvalue weighted by atomic mass is 32.2. The summed E-state index contributed by atoms with van der Waals surface area (Å²) in [7, 11) is 0. The van der Waals surface area contributed by atoms with Gasteiger partial charge in [-0.15, -0.1) is 0 Å². The summed E-state index contributed by atoms with van der Waals surface area (Å²) in [4.78, 5) is 25.8. The second-order valence-electron chi connectivity index (χ2n) is 7.80. The highest BCUT2D eigenvalue weighted by Crippen LogP contribution is 2.44. The van der Waals surface area contributed by atoms with Gasteiger partial charge in [0, 0.05) is 22.1 Å². The van der Waals surface area contributed by atoms with Gasteiger partial charge in [-0.05, 0) is 35.9 Å². The number of rotatable bonds is 2. The van der Waals surface area contributed by atoms with Crippen molar-refractivity contribution in [3.63, 3.8) is 0 Å². The molecule has 0 saturated carbocycles. The third kappa shape index (κ3) is 2.75. The van der Waals surface area contributed by atoms with Crippen molar-refractivity contribution >= 4 is 22.7 Å². The Morgan fingerprint density at radius 1 is 1.06 bits per heavy atom. The van der Waals surface area contributed by atoms with E-state index in [-0.39, 0.29) is 20.8 Å². The molecule has 5 nitrogen and oxygen atoms in total. The van der Waals surface area contributed by atoms with Crippen LogP contribution in [0.2, 0.25) is 0 Å². The van der Waals surface area contributed by atoms with E-state index in [9.17, 15) is 23.5 Å². The van der Waals surface area contributed by atoms with Gasteiger partial charge in [-0.1, -0.05) is 37.7 Å². The number of hydrogen-bond donors (Lipinski definition) is 1. The summed E-state index contributed by atoms with van der Waals surface area (Å²) in [6, 6.07) is 11.4. The number of halogens is 2. The summed E-state index contributed by atoms with van der Waals surface area (Å²) in [5, 5.41) is 10.6. The maximum absolute atomic E-state index is 14.1. The Kier molecular flexibility index (Phi) is 4.14. The second-order valence-corrected chi connectivity index (χ2v) is 8.85. The van der Waals surface area contributed by atoms with E-state index >= 15 is 0 Å². The van der Waals surface area contributed by atoms with Crippen LogP contribution in [-0.2, 0) is 5.41 Å². The molecule has 156 valence electrons. The normalized spacial score (nSPS) is 13.9. The van der Waals surface area contributed by atoms with Crippen molar-refractivity contribution in [1.29, 1.82) is 0 Å². The molecule has 0 amide bonds. The minimum atomic E-state index is -0.887. The molecule has 0 bridgehead atoms. The Balaban J connectivity index is 1.81. The minimum Gasteiger partial charge on any atom is -0.505 e. The summed E-state index contributed by atoms with van der Waals surface area (Å²) in [6.07, 6.45) is 0. The molecule has 31 heavy (non-hydrogen) atoms. The zero-order valence-corrected chi connectivity index (χ0v) is 17.2. The molecule has 0 fully saturated rings. The summed E-state index contributed by atoms with van der Waals surface area (Å²) in [6.45, 7) is 3.66. The molecule has 2 aromatic carbocycles. The standard InChI is InChI=1S/C23H15F2NO4S/c1-23(2)12-9-11(24)7-8-14(12)26-17(23)10-15-18(21(26)28)19(27)20(22(29)30-15)31-16-6-4-3-5-13(16)25/h3-10,27H,1-2H3. The van der Waals surface area contributed by atoms with Crippen molar-refractivity contribution in [2.24, 2.45) is 0 Å². The van der Waals surface area contributed by atoms with Crippen molar-refractivity contribution in [3.05, 3.63) is 92.2 Å². The van der Waals surface area contributed by atoms with Gasteiger partial charge < -0.3 is 9.52 Å². The number of fused-ring (bicyclic) bond motifs is 4. The Morgan fingerprint density at radius 2 is 1.81 bits per heavy atom. The largest absolute Gasteiger partial charge is 0.505 e. The third-order valence-corrected chi connectivity index (χ3v) is 6.69. The van der Waals surface area contributed by atoms with Gasteiger partial charge in [-0.3, -0.25) is 9.36 Å². The van der Waals surface area contributed by atoms with Gasteiger partial charge in [0.25, 0.3) is 5.56 Å². The van der Waals surface area contributed by atoms with E-state index in [4.69, 9.17) is 4.42 Å². The van der Waals surface area contributed by atoms with Crippen molar-refractivity contribution in [2.45, 2.75) is 29.1 Å². The number of benzene rings is 2. The fourth-order valence-corrected chi connectivity index (χ4v) is 4.87. The molecule has 0 saturated heterocycles. The second kappa shape index (κ2) is 6.55. The molecular formula is C23H15F2NO4S. The van der Waals surface area contributed by atoms with E-state index in [1.54, 1.807) is 6.07 Å². The first-order chi connectivity index (χ1) is 14.7. The molecule has 8 heteroatoms. The van der Waals surface area contributed by atoms with E-state index in [1.807, 2.05) is 13.8 Å². The summed E-state index contributed by atoms with van der Waals surface area (Å²) >= 11 is 0.683. The lowest BCUT2D eigenvalue weighted by Gasteiger charge is -2.20. The predicted molar refractivity (Wildman–Crippen MR) is 112 cm³/mol. The molecule has 0 spiro atoms. The fourth-order valence-electron chi connectivity index (χ4n) is 4.01. The van der Waals surface area contributed by atoms with Crippen LogP contribution in [-0.4, -0.2) is 9.67 Å². The summed E-state index contributed by atoms with van der Waals surface area (Å²) in [5.74, 6) is -1.59. The van der Waals surface area contributed by atoms with Crippen LogP contribution >= 0.6 is 11.8 Å². The quantitative estimate of drug-likeness (QED) is 0.489. The first-order valence-corrected chi connectivity index (χ1v) is 10.2. The molecule has 1 aliphatic heterocycles. The van der Waals surface area contributed by atoms with Gasteiger partial charge in [0.05, 0.1) is 5.69 Å². The van der Waals surface area contributed by atoms with Crippen LogP contribution in [0, 0.1) is 11.6 Å². The topological polar surface area (TPSA) is 72.4 Å². The van der Waals surface area contributed by atoms with Crippen LogP contribution in [0.3, 0.4) is 0 Å². The monoisotopic (exact) mass is 439 g/mol. The van der Waals surface area contributed by atoms with Crippen LogP contribution < -0.4 is 11.2 Å². The minimum absolute atomic E-state index is 0.0852. The Hall–Kier alpha value is -3.39. The predicted octanol–water partition coefficient (Wildman–Crippen LogP) is 4.72. The van der Waals surface area contributed by atoms with Crippen LogP contribution in [0.25, 0.3) is 16.7 Å². The third-order valence-electron chi connectivity index (χ3n) is 5.57. The SMILES string of the molecule is CC1(C)c2cc(F)ccc2-n2c1cc1oc(=O)c(Sc3ccccc3F)c(O)c1c2=O. The van der Waals surface area contributed by atoms with Gasteiger partial charge in [0.2, 0.25) is 0 Å². The van der Waals surface area contributed by atoms with E-state index in [2.05, 4.69) is 0 Å².